The topological polar surface area (TPSA) is 26.3 Å². The van der Waals surface area contributed by atoms with Crippen LogP contribution in [0.2, 0.25) is 0 Å². The van der Waals surface area contributed by atoms with E-state index >= 15 is 0 Å². The minimum Gasteiger partial charge on any atom is -0.465 e. The molecule has 0 fully saturated rings. The maximum Gasteiger partial charge on any atom is 0.412 e. The molecule has 0 aromatic heterocycles. The lowest BCUT2D eigenvalue weighted by molar-refractivity contribution is -0.0903. The second-order valence-corrected chi connectivity index (χ2v) is 3.44. The number of alkyl halides is 3. The lowest BCUT2D eigenvalue weighted by Gasteiger charge is -2.06. The second kappa shape index (κ2) is 5.03. The molecule has 0 spiro atoms. The number of rotatable bonds is 2. The maximum absolute atomic E-state index is 12.3. The molecule has 2 nitrogen and oxygen atoms in total. The number of esters is 1. The van der Waals surface area contributed by atoms with Crippen LogP contribution in [0, 0.1) is 0 Å². The number of ether oxygens (including phenoxy) is 1. The van der Waals surface area contributed by atoms with Gasteiger partial charge in [-0.2, -0.15) is 13.2 Å². The normalized spacial score (nSPS) is 12.4. The first kappa shape index (κ1) is 13.3. The average Bonchev–Trinajstić information content (AvgIpc) is 2.27. The van der Waals surface area contributed by atoms with Crippen molar-refractivity contribution < 1.29 is 22.7 Å². The Morgan fingerprint density at radius 3 is 2.18 bits per heavy atom. The Labute approximate surface area is 96.7 Å². The van der Waals surface area contributed by atoms with Gasteiger partial charge in [0.15, 0.2) is 0 Å². The summed E-state index contributed by atoms with van der Waals surface area (Å²) < 4.78 is 41.2. The van der Waals surface area contributed by atoms with Crippen molar-refractivity contribution >= 4 is 12.0 Å². The van der Waals surface area contributed by atoms with Crippen LogP contribution >= 0.6 is 0 Å². The van der Waals surface area contributed by atoms with Crippen molar-refractivity contribution in [1.82, 2.24) is 0 Å². The molecule has 5 heteroatoms. The van der Waals surface area contributed by atoms with E-state index in [1.807, 2.05) is 0 Å². The summed E-state index contributed by atoms with van der Waals surface area (Å²) in [5, 5.41) is 0. The van der Waals surface area contributed by atoms with Gasteiger partial charge in [0.2, 0.25) is 0 Å². The molecule has 1 aromatic carbocycles. The molecule has 92 valence electrons. The zero-order valence-electron chi connectivity index (χ0n) is 9.34. The molecule has 0 aliphatic heterocycles. The van der Waals surface area contributed by atoms with Gasteiger partial charge in [-0.15, -0.1) is 0 Å². The Bertz CT molecular complexity index is 430. The highest BCUT2D eigenvalue weighted by molar-refractivity contribution is 5.89. The Hall–Kier alpha value is -1.78. The first-order valence-corrected chi connectivity index (χ1v) is 4.78. The number of allylic oxidation sites excluding steroid dienone is 1. The molecule has 0 heterocycles. The molecule has 17 heavy (non-hydrogen) atoms. The number of carbonyl (C=O) groups excluding carboxylic acids is 1. The standard InChI is InChI=1S/C12H11F3O2/c1-8(12(13,14)15)7-9-3-5-10(6-4-9)11(16)17-2/h3-7H,1-2H3/b8-7+. The summed E-state index contributed by atoms with van der Waals surface area (Å²) in [4.78, 5) is 11.1. The highest BCUT2D eigenvalue weighted by Gasteiger charge is 2.29. The third kappa shape index (κ3) is 3.62. The van der Waals surface area contributed by atoms with Gasteiger partial charge in [0.25, 0.3) is 0 Å². The van der Waals surface area contributed by atoms with Crippen molar-refractivity contribution in [3.05, 3.63) is 41.0 Å². The summed E-state index contributed by atoms with van der Waals surface area (Å²) in [5.74, 6) is -0.520. The van der Waals surface area contributed by atoms with E-state index in [9.17, 15) is 18.0 Å². The van der Waals surface area contributed by atoms with Gasteiger partial charge < -0.3 is 4.74 Å². The molecule has 0 saturated heterocycles. The summed E-state index contributed by atoms with van der Waals surface area (Å²) in [6, 6.07) is 5.70. The van der Waals surface area contributed by atoms with Gasteiger partial charge in [-0.25, -0.2) is 4.79 Å². The molecule has 0 atom stereocenters. The van der Waals surface area contributed by atoms with Crippen LogP contribution in [0.15, 0.2) is 29.8 Å². The van der Waals surface area contributed by atoms with Crippen LogP contribution in [0.5, 0.6) is 0 Å². The van der Waals surface area contributed by atoms with Crippen molar-refractivity contribution in [2.24, 2.45) is 0 Å². The molecule has 0 saturated carbocycles. The molecule has 0 aliphatic rings. The summed E-state index contributed by atoms with van der Waals surface area (Å²) in [5.41, 5.74) is -0.00916. The monoisotopic (exact) mass is 244 g/mol. The van der Waals surface area contributed by atoms with Crippen molar-refractivity contribution in [2.75, 3.05) is 7.11 Å². The van der Waals surface area contributed by atoms with Crippen LogP contribution in [0.25, 0.3) is 6.08 Å². The smallest absolute Gasteiger partial charge is 0.412 e. The van der Waals surface area contributed by atoms with Gasteiger partial charge >= 0.3 is 12.1 Å². The van der Waals surface area contributed by atoms with Crippen LogP contribution in [-0.2, 0) is 4.74 Å². The predicted octanol–water partition coefficient (Wildman–Crippen LogP) is 3.44. The lowest BCUT2D eigenvalue weighted by atomic mass is 10.1. The zero-order chi connectivity index (χ0) is 13.1. The minimum absolute atomic E-state index is 0.300. The Balaban J connectivity index is 2.93. The molecule has 0 amide bonds. The predicted molar refractivity (Wildman–Crippen MR) is 57.5 cm³/mol. The molecule has 0 bridgehead atoms. The first-order valence-electron chi connectivity index (χ1n) is 4.78. The van der Waals surface area contributed by atoms with Crippen LogP contribution in [0.4, 0.5) is 13.2 Å². The molecule has 0 radical (unpaired) electrons. The van der Waals surface area contributed by atoms with Gasteiger partial charge in [-0.05, 0) is 30.7 Å². The van der Waals surface area contributed by atoms with Gasteiger partial charge in [0.1, 0.15) is 0 Å². The minimum atomic E-state index is -4.33. The van der Waals surface area contributed by atoms with E-state index in [-0.39, 0.29) is 0 Å². The molecule has 0 unspecified atom stereocenters. The fourth-order valence-electron chi connectivity index (χ4n) is 1.17. The number of benzene rings is 1. The summed E-state index contributed by atoms with van der Waals surface area (Å²) in [6.45, 7) is 0.994. The number of carbonyl (C=O) groups is 1. The molecule has 1 aromatic rings. The third-order valence-corrected chi connectivity index (χ3v) is 2.16. The fourth-order valence-corrected chi connectivity index (χ4v) is 1.17. The Kier molecular flexibility index (Phi) is 3.93. The van der Waals surface area contributed by atoms with Crippen LogP contribution < -0.4 is 0 Å². The number of methoxy groups -OCH3 is 1. The molecule has 0 N–H and O–H groups in total. The van der Waals surface area contributed by atoms with E-state index in [1.54, 1.807) is 0 Å². The third-order valence-electron chi connectivity index (χ3n) is 2.16. The van der Waals surface area contributed by atoms with E-state index in [4.69, 9.17) is 0 Å². The van der Waals surface area contributed by atoms with E-state index < -0.39 is 17.7 Å². The van der Waals surface area contributed by atoms with Gasteiger partial charge in [-0.3, -0.25) is 0 Å². The second-order valence-electron chi connectivity index (χ2n) is 3.44. The van der Waals surface area contributed by atoms with E-state index in [1.165, 1.54) is 31.4 Å². The van der Waals surface area contributed by atoms with E-state index in [2.05, 4.69) is 4.74 Å². The highest BCUT2D eigenvalue weighted by atomic mass is 19.4. The Morgan fingerprint density at radius 1 is 1.24 bits per heavy atom. The van der Waals surface area contributed by atoms with Crippen LogP contribution in [0.3, 0.4) is 0 Å². The summed E-state index contributed by atoms with van der Waals surface area (Å²) in [6.07, 6.45) is -3.32. The number of hydrogen-bond donors (Lipinski definition) is 0. The SMILES string of the molecule is COC(=O)c1ccc(/C=C(\C)C(F)(F)F)cc1. The van der Waals surface area contributed by atoms with E-state index in [0.29, 0.717) is 11.1 Å². The molecule has 0 aliphatic carbocycles. The first-order chi connectivity index (χ1) is 7.84. The number of halogens is 3. The quantitative estimate of drug-likeness (QED) is 0.745. The zero-order valence-corrected chi connectivity index (χ0v) is 9.34. The Morgan fingerprint density at radius 2 is 1.76 bits per heavy atom. The summed E-state index contributed by atoms with van der Waals surface area (Å²) >= 11 is 0. The van der Waals surface area contributed by atoms with Gasteiger partial charge in [0, 0.05) is 5.57 Å². The number of hydrogen-bond acceptors (Lipinski definition) is 2. The van der Waals surface area contributed by atoms with Crippen molar-refractivity contribution in [1.29, 1.82) is 0 Å². The molecular formula is C12H11F3O2. The van der Waals surface area contributed by atoms with Gasteiger partial charge in [-0.1, -0.05) is 12.1 Å². The highest BCUT2D eigenvalue weighted by Crippen LogP contribution is 2.26. The molecular weight excluding hydrogens is 233 g/mol. The van der Waals surface area contributed by atoms with Gasteiger partial charge in [0.05, 0.1) is 12.7 Å². The summed E-state index contributed by atoms with van der Waals surface area (Å²) in [7, 11) is 1.24. The largest absolute Gasteiger partial charge is 0.465 e. The maximum atomic E-state index is 12.3. The fraction of sp³-hybridized carbons (Fsp3) is 0.250. The van der Waals surface area contributed by atoms with Crippen LogP contribution in [0.1, 0.15) is 22.8 Å². The van der Waals surface area contributed by atoms with E-state index in [0.717, 1.165) is 13.0 Å². The van der Waals surface area contributed by atoms with Crippen molar-refractivity contribution in [3.8, 4) is 0 Å². The van der Waals surface area contributed by atoms with Crippen molar-refractivity contribution in [3.63, 3.8) is 0 Å². The van der Waals surface area contributed by atoms with Crippen LogP contribution in [-0.4, -0.2) is 19.3 Å². The lowest BCUT2D eigenvalue weighted by Crippen LogP contribution is -2.08. The molecule has 1 rings (SSSR count). The van der Waals surface area contributed by atoms with Crippen molar-refractivity contribution in [2.45, 2.75) is 13.1 Å². The average molecular weight is 244 g/mol.